The van der Waals surface area contributed by atoms with Crippen LogP contribution >= 0.6 is 0 Å². The van der Waals surface area contributed by atoms with Crippen molar-refractivity contribution < 1.29 is 18.5 Å². The van der Waals surface area contributed by atoms with Crippen molar-refractivity contribution in [1.29, 1.82) is 5.26 Å². The Bertz CT molecular complexity index is 663. The van der Waals surface area contributed by atoms with Crippen LogP contribution in [0.4, 0.5) is 0 Å². The predicted molar refractivity (Wildman–Crippen MR) is 104 cm³/mol. The van der Waals surface area contributed by atoms with Crippen LogP contribution in [0.15, 0.2) is 11.6 Å². The standard InChI is InChI=1S/C18H30N2O4Si2/c1-7-8-9-26(5,6)24-20-17(22)12-18(20)14(13-19)10-15(21)11-16(18)23-25(2,3)4/h10,16H,7-9,11-12H2,1-6H3. The summed E-state index contributed by atoms with van der Waals surface area (Å²) in [6.07, 6.45) is 3.30. The minimum absolute atomic E-state index is 0.128. The number of rotatable bonds is 7. The lowest BCUT2D eigenvalue weighted by Gasteiger charge is -2.57. The van der Waals surface area contributed by atoms with Crippen molar-refractivity contribution in [3.05, 3.63) is 11.6 Å². The third kappa shape index (κ3) is 4.17. The zero-order valence-electron chi connectivity index (χ0n) is 16.7. The molecule has 0 aromatic rings. The second kappa shape index (κ2) is 7.39. The Kier molecular flexibility index (Phi) is 5.97. The summed E-state index contributed by atoms with van der Waals surface area (Å²) >= 11 is 0. The Morgan fingerprint density at radius 1 is 1.31 bits per heavy atom. The first kappa shape index (κ1) is 21.0. The van der Waals surface area contributed by atoms with Gasteiger partial charge in [0.2, 0.25) is 14.2 Å². The van der Waals surface area contributed by atoms with Gasteiger partial charge in [0.25, 0.3) is 0 Å². The van der Waals surface area contributed by atoms with E-state index in [0.717, 1.165) is 18.9 Å². The predicted octanol–water partition coefficient (Wildman–Crippen LogP) is 3.54. The van der Waals surface area contributed by atoms with E-state index in [-0.39, 0.29) is 30.1 Å². The van der Waals surface area contributed by atoms with Crippen molar-refractivity contribution >= 4 is 28.3 Å². The van der Waals surface area contributed by atoms with Crippen LogP contribution in [0, 0.1) is 11.3 Å². The summed E-state index contributed by atoms with van der Waals surface area (Å²) in [6, 6.07) is 3.08. The number of carbonyl (C=O) groups is 2. The smallest absolute Gasteiger partial charge is 0.249 e. The lowest BCUT2D eigenvalue weighted by atomic mass is 9.70. The lowest BCUT2D eigenvalue weighted by Crippen LogP contribution is -2.73. The number of ketones is 1. The average Bonchev–Trinajstić information content (AvgIpc) is 2.51. The third-order valence-electron chi connectivity index (χ3n) is 4.79. The first-order valence-electron chi connectivity index (χ1n) is 9.30. The number of carbonyl (C=O) groups excluding carboxylic acids is 2. The molecule has 0 N–H and O–H groups in total. The van der Waals surface area contributed by atoms with Crippen LogP contribution in [0.1, 0.15) is 32.6 Å². The number of hydrogen-bond donors (Lipinski definition) is 0. The highest BCUT2D eigenvalue weighted by Crippen LogP contribution is 2.47. The van der Waals surface area contributed by atoms with Gasteiger partial charge in [-0.15, -0.1) is 0 Å². The first-order valence-corrected chi connectivity index (χ1v) is 15.8. The fraction of sp³-hybridized carbons (Fsp3) is 0.722. The number of nitriles is 1. The largest absolute Gasteiger partial charge is 0.411 e. The van der Waals surface area contributed by atoms with Crippen molar-refractivity contribution in [2.75, 3.05) is 0 Å². The molecule has 1 aliphatic heterocycles. The summed E-state index contributed by atoms with van der Waals surface area (Å²) in [5, 5.41) is 11.1. The number of β-lactam (4-membered cyclic amide) rings is 1. The molecule has 6 nitrogen and oxygen atoms in total. The number of allylic oxidation sites excluding steroid dienone is 1. The van der Waals surface area contributed by atoms with Crippen molar-refractivity contribution in [3.63, 3.8) is 0 Å². The van der Waals surface area contributed by atoms with Gasteiger partial charge in [-0.2, -0.15) is 5.26 Å². The Morgan fingerprint density at radius 2 is 1.96 bits per heavy atom. The van der Waals surface area contributed by atoms with E-state index >= 15 is 0 Å². The zero-order valence-corrected chi connectivity index (χ0v) is 18.7. The second-order valence-corrected chi connectivity index (χ2v) is 17.5. The van der Waals surface area contributed by atoms with Gasteiger partial charge in [0.1, 0.15) is 5.54 Å². The molecule has 8 heteroatoms. The summed E-state index contributed by atoms with van der Waals surface area (Å²) in [5.74, 6) is -0.265. The molecule has 1 amide bonds. The van der Waals surface area contributed by atoms with Crippen molar-refractivity contribution in [2.45, 2.75) is 83.0 Å². The number of amides is 1. The molecule has 2 rings (SSSR count). The monoisotopic (exact) mass is 394 g/mol. The molecule has 1 saturated heterocycles. The molecule has 0 aromatic heterocycles. The van der Waals surface area contributed by atoms with E-state index in [1.54, 1.807) is 0 Å². The Hall–Kier alpha value is -1.28. The van der Waals surface area contributed by atoms with Crippen molar-refractivity contribution in [1.82, 2.24) is 5.06 Å². The SMILES string of the molecule is CCCC[Si](C)(C)ON1C(=O)CC12C(C#N)=CC(=O)CC2O[Si](C)(C)C. The molecule has 26 heavy (non-hydrogen) atoms. The summed E-state index contributed by atoms with van der Waals surface area (Å²) in [7, 11) is -4.11. The Labute approximate surface area is 158 Å². The first-order chi connectivity index (χ1) is 11.9. The Balaban J connectivity index is 2.39. The second-order valence-electron chi connectivity index (χ2n) is 8.80. The van der Waals surface area contributed by atoms with Crippen LogP contribution in [-0.2, 0) is 18.5 Å². The maximum absolute atomic E-state index is 12.5. The molecule has 0 aromatic carbocycles. The van der Waals surface area contributed by atoms with Crippen LogP contribution in [0.25, 0.3) is 0 Å². The van der Waals surface area contributed by atoms with Crippen LogP contribution in [0.2, 0.25) is 38.8 Å². The van der Waals surface area contributed by atoms with E-state index < -0.39 is 28.3 Å². The van der Waals surface area contributed by atoms with Gasteiger partial charge in [0.15, 0.2) is 14.1 Å². The van der Waals surface area contributed by atoms with Crippen LogP contribution < -0.4 is 0 Å². The highest BCUT2D eigenvalue weighted by atomic mass is 28.4. The molecule has 144 valence electrons. The van der Waals surface area contributed by atoms with Gasteiger partial charge < -0.3 is 8.95 Å². The van der Waals surface area contributed by atoms with Crippen LogP contribution in [-0.4, -0.2) is 45.0 Å². The van der Waals surface area contributed by atoms with Crippen molar-refractivity contribution in [3.8, 4) is 6.07 Å². The highest BCUT2D eigenvalue weighted by Gasteiger charge is 2.63. The summed E-state index contributed by atoms with van der Waals surface area (Å²) in [4.78, 5) is 24.6. The van der Waals surface area contributed by atoms with Gasteiger partial charge in [-0.1, -0.05) is 19.8 Å². The van der Waals surface area contributed by atoms with Gasteiger partial charge >= 0.3 is 0 Å². The van der Waals surface area contributed by atoms with Gasteiger partial charge in [0.05, 0.1) is 24.2 Å². The molecule has 1 fully saturated rings. The van der Waals surface area contributed by atoms with Crippen LogP contribution in [0.5, 0.6) is 0 Å². The van der Waals surface area contributed by atoms with E-state index in [1.165, 1.54) is 11.1 Å². The molecule has 2 aliphatic rings. The molecule has 2 atom stereocenters. The van der Waals surface area contributed by atoms with E-state index in [2.05, 4.69) is 26.1 Å². The van der Waals surface area contributed by atoms with Gasteiger partial charge in [-0.05, 0) is 44.9 Å². The van der Waals surface area contributed by atoms with E-state index in [9.17, 15) is 14.9 Å². The summed E-state index contributed by atoms with van der Waals surface area (Å²) in [5.41, 5.74) is -0.659. The quantitative estimate of drug-likeness (QED) is 0.487. The van der Waals surface area contributed by atoms with Gasteiger partial charge in [-0.3, -0.25) is 9.59 Å². The Morgan fingerprint density at radius 3 is 2.46 bits per heavy atom. The number of unbranched alkanes of at least 4 members (excludes halogenated alkanes) is 1. The molecule has 1 spiro atoms. The molecule has 0 saturated carbocycles. The number of hydrogen-bond acceptors (Lipinski definition) is 5. The molecule has 0 bridgehead atoms. The molecule has 0 radical (unpaired) electrons. The third-order valence-corrected chi connectivity index (χ3v) is 8.01. The minimum Gasteiger partial charge on any atom is -0.411 e. The van der Waals surface area contributed by atoms with Gasteiger partial charge in [0, 0.05) is 6.42 Å². The topological polar surface area (TPSA) is 79.6 Å². The molecule has 1 aliphatic carbocycles. The molecule has 1 heterocycles. The minimum atomic E-state index is -2.12. The maximum atomic E-state index is 12.5. The van der Waals surface area contributed by atoms with E-state index in [4.69, 9.17) is 8.95 Å². The lowest BCUT2D eigenvalue weighted by molar-refractivity contribution is -0.228. The molecular weight excluding hydrogens is 364 g/mol. The van der Waals surface area contributed by atoms with Crippen LogP contribution in [0.3, 0.4) is 0 Å². The number of nitrogens with zero attached hydrogens (tertiary/aromatic N) is 2. The van der Waals surface area contributed by atoms with Crippen molar-refractivity contribution in [2.24, 2.45) is 0 Å². The van der Waals surface area contributed by atoms with E-state index in [1.807, 2.05) is 19.6 Å². The summed E-state index contributed by atoms with van der Waals surface area (Å²) < 4.78 is 12.5. The fourth-order valence-electron chi connectivity index (χ4n) is 3.55. The van der Waals surface area contributed by atoms with Gasteiger partial charge in [-0.25, -0.2) is 5.06 Å². The van der Waals surface area contributed by atoms with E-state index in [0.29, 0.717) is 0 Å². The summed E-state index contributed by atoms with van der Waals surface area (Å²) in [6.45, 7) is 12.4. The zero-order chi connectivity index (χ0) is 19.8. The normalized spacial score (nSPS) is 26.6. The fourth-order valence-corrected chi connectivity index (χ4v) is 6.73. The molecule has 2 unspecified atom stereocenters. The number of hydroxylamine groups is 2. The molecular formula is C18H30N2O4Si2. The average molecular weight is 395 g/mol. The maximum Gasteiger partial charge on any atom is 0.249 e. The highest BCUT2D eigenvalue weighted by molar-refractivity contribution is 6.71.